The van der Waals surface area contributed by atoms with Crippen molar-refractivity contribution in [2.24, 2.45) is 5.92 Å². The molecule has 1 N–H and O–H groups in total. The van der Waals surface area contributed by atoms with Crippen molar-refractivity contribution < 1.29 is 5.11 Å². The highest BCUT2D eigenvalue weighted by Crippen LogP contribution is 2.27. The molecule has 1 nitrogen and oxygen atoms in total. The summed E-state index contributed by atoms with van der Waals surface area (Å²) in [5.74, 6) is 0.558. The van der Waals surface area contributed by atoms with E-state index in [9.17, 15) is 5.11 Å². The Morgan fingerprint density at radius 1 is 1.42 bits per heavy atom. The van der Waals surface area contributed by atoms with Crippen molar-refractivity contribution in [1.29, 1.82) is 0 Å². The average Bonchev–Trinajstić information content (AvgIpc) is 2.34. The van der Waals surface area contributed by atoms with E-state index in [2.05, 4.69) is 26.8 Å². The van der Waals surface area contributed by atoms with Gasteiger partial charge in [-0.3, -0.25) is 0 Å². The van der Waals surface area contributed by atoms with Gasteiger partial charge in [0, 0.05) is 9.75 Å². The average molecular weight is 184 g/mol. The normalized spacial score (nSPS) is 13.8. The summed E-state index contributed by atoms with van der Waals surface area (Å²) in [6, 6.07) is 4.08. The molecular weight excluding hydrogens is 168 g/mol. The number of rotatable bonds is 3. The van der Waals surface area contributed by atoms with Crippen LogP contribution >= 0.6 is 11.3 Å². The topological polar surface area (TPSA) is 20.2 Å². The van der Waals surface area contributed by atoms with Crippen LogP contribution in [0.5, 0.6) is 0 Å². The van der Waals surface area contributed by atoms with Gasteiger partial charge in [-0.1, -0.05) is 13.8 Å². The molecule has 0 amide bonds. The quantitative estimate of drug-likeness (QED) is 0.765. The highest BCUT2D eigenvalue weighted by molar-refractivity contribution is 7.11. The zero-order valence-electron chi connectivity index (χ0n) is 7.87. The maximum atomic E-state index is 9.71. The van der Waals surface area contributed by atoms with E-state index in [-0.39, 0.29) is 6.10 Å². The summed E-state index contributed by atoms with van der Waals surface area (Å²) in [5.41, 5.74) is 0. The molecule has 1 rings (SSSR count). The van der Waals surface area contributed by atoms with E-state index in [1.807, 2.05) is 6.07 Å². The third kappa shape index (κ3) is 2.61. The van der Waals surface area contributed by atoms with Gasteiger partial charge in [0.05, 0.1) is 6.10 Å². The van der Waals surface area contributed by atoms with Crippen LogP contribution in [-0.4, -0.2) is 5.11 Å². The number of thiophene rings is 1. The van der Waals surface area contributed by atoms with Gasteiger partial charge in [-0.25, -0.2) is 0 Å². The van der Waals surface area contributed by atoms with Gasteiger partial charge in [0.1, 0.15) is 0 Å². The first-order chi connectivity index (χ1) is 5.59. The Bertz CT molecular complexity index is 240. The lowest BCUT2D eigenvalue weighted by Gasteiger charge is -2.10. The van der Waals surface area contributed by atoms with E-state index >= 15 is 0 Å². The molecule has 1 atom stereocenters. The van der Waals surface area contributed by atoms with Crippen LogP contribution < -0.4 is 0 Å². The Kier molecular flexibility index (Phi) is 3.29. The minimum absolute atomic E-state index is 0.260. The van der Waals surface area contributed by atoms with Gasteiger partial charge in [0.25, 0.3) is 0 Å². The molecule has 68 valence electrons. The molecule has 2 heteroatoms. The Labute approximate surface area is 78.1 Å². The van der Waals surface area contributed by atoms with Crippen molar-refractivity contribution in [1.82, 2.24) is 0 Å². The maximum Gasteiger partial charge on any atom is 0.0884 e. The molecule has 0 saturated heterocycles. The van der Waals surface area contributed by atoms with Gasteiger partial charge < -0.3 is 5.11 Å². The zero-order chi connectivity index (χ0) is 9.14. The molecule has 0 aromatic carbocycles. The van der Waals surface area contributed by atoms with Gasteiger partial charge in [0.2, 0.25) is 0 Å². The molecule has 0 aliphatic rings. The Hall–Kier alpha value is -0.340. The molecule has 0 bridgehead atoms. The van der Waals surface area contributed by atoms with Gasteiger partial charge >= 0.3 is 0 Å². The second-order valence-corrected chi connectivity index (χ2v) is 4.91. The standard InChI is InChI=1S/C10H16OS/c1-7(2)6-9(11)10-5-4-8(3)12-10/h4-5,7,9,11H,6H2,1-3H3. The van der Waals surface area contributed by atoms with Gasteiger partial charge in [-0.15, -0.1) is 11.3 Å². The van der Waals surface area contributed by atoms with Crippen LogP contribution in [0.2, 0.25) is 0 Å². The third-order valence-electron chi connectivity index (χ3n) is 1.78. The summed E-state index contributed by atoms with van der Waals surface area (Å²) in [7, 11) is 0. The van der Waals surface area contributed by atoms with Gasteiger partial charge in [0.15, 0.2) is 0 Å². The summed E-state index contributed by atoms with van der Waals surface area (Å²) < 4.78 is 0. The van der Waals surface area contributed by atoms with Crippen molar-refractivity contribution in [2.45, 2.75) is 33.3 Å². The molecule has 1 heterocycles. The monoisotopic (exact) mass is 184 g/mol. The number of aryl methyl sites for hydroxylation is 1. The lowest BCUT2D eigenvalue weighted by atomic mass is 10.1. The predicted molar refractivity (Wildman–Crippen MR) is 53.5 cm³/mol. The predicted octanol–water partition coefficient (Wildman–Crippen LogP) is 3.14. The fraction of sp³-hybridized carbons (Fsp3) is 0.600. The summed E-state index contributed by atoms with van der Waals surface area (Å²) in [6.45, 7) is 6.32. The molecule has 0 spiro atoms. The Morgan fingerprint density at radius 2 is 2.08 bits per heavy atom. The largest absolute Gasteiger partial charge is 0.388 e. The van der Waals surface area contributed by atoms with Crippen LogP contribution in [0.15, 0.2) is 12.1 Å². The first kappa shape index (κ1) is 9.75. The van der Waals surface area contributed by atoms with Crippen molar-refractivity contribution >= 4 is 11.3 Å². The van der Waals surface area contributed by atoms with E-state index < -0.39 is 0 Å². The smallest absolute Gasteiger partial charge is 0.0884 e. The molecule has 1 aromatic rings. The van der Waals surface area contributed by atoms with Crippen molar-refractivity contribution in [3.8, 4) is 0 Å². The van der Waals surface area contributed by atoms with E-state index in [1.165, 1.54) is 4.88 Å². The minimum atomic E-state index is -0.260. The van der Waals surface area contributed by atoms with E-state index in [4.69, 9.17) is 0 Å². The second-order valence-electron chi connectivity index (χ2n) is 3.59. The van der Waals surface area contributed by atoms with E-state index in [1.54, 1.807) is 11.3 Å². The van der Waals surface area contributed by atoms with Crippen LogP contribution in [0.1, 0.15) is 36.1 Å². The fourth-order valence-corrected chi connectivity index (χ4v) is 2.07. The number of aliphatic hydroxyl groups excluding tert-OH is 1. The van der Waals surface area contributed by atoms with E-state index in [0.29, 0.717) is 5.92 Å². The van der Waals surface area contributed by atoms with Gasteiger partial charge in [-0.05, 0) is 31.4 Å². The lowest BCUT2D eigenvalue weighted by molar-refractivity contribution is 0.154. The molecule has 1 aromatic heterocycles. The second kappa shape index (κ2) is 4.06. The van der Waals surface area contributed by atoms with Gasteiger partial charge in [-0.2, -0.15) is 0 Å². The number of aliphatic hydroxyl groups is 1. The molecule has 0 radical (unpaired) electrons. The SMILES string of the molecule is Cc1ccc(C(O)CC(C)C)s1. The van der Waals surface area contributed by atoms with Crippen LogP contribution in [0.25, 0.3) is 0 Å². The summed E-state index contributed by atoms with van der Waals surface area (Å²) in [5, 5.41) is 9.71. The molecular formula is C10H16OS. The first-order valence-corrected chi connectivity index (χ1v) is 5.15. The molecule has 1 unspecified atom stereocenters. The Morgan fingerprint density at radius 3 is 2.50 bits per heavy atom. The molecule has 12 heavy (non-hydrogen) atoms. The van der Waals surface area contributed by atoms with Crippen LogP contribution in [0.3, 0.4) is 0 Å². The Balaban J connectivity index is 2.58. The first-order valence-electron chi connectivity index (χ1n) is 4.34. The summed E-state index contributed by atoms with van der Waals surface area (Å²) in [6.07, 6.45) is 0.601. The van der Waals surface area contributed by atoms with Crippen molar-refractivity contribution in [3.05, 3.63) is 21.9 Å². The fourth-order valence-electron chi connectivity index (χ4n) is 1.20. The van der Waals surface area contributed by atoms with Crippen molar-refractivity contribution in [2.75, 3.05) is 0 Å². The number of hydrogen-bond donors (Lipinski definition) is 1. The van der Waals surface area contributed by atoms with Crippen LogP contribution in [0, 0.1) is 12.8 Å². The highest BCUT2D eigenvalue weighted by atomic mass is 32.1. The minimum Gasteiger partial charge on any atom is -0.388 e. The van der Waals surface area contributed by atoms with Crippen molar-refractivity contribution in [3.63, 3.8) is 0 Å². The highest BCUT2D eigenvalue weighted by Gasteiger charge is 2.10. The molecule has 0 saturated carbocycles. The lowest BCUT2D eigenvalue weighted by Crippen LogP contribution is -1.99. The zero-order valence-corrected chi connectivity index (χ0v) is 8.69. The van der Waals surface area contributed by atoms with Crippen LogP contribution in [-0.2, 0) is 0 Å². The third-order valence-corrected chi connectivity index (χ3v) is 2.89. The maximum absolute atomic E-state index is 9.71. The van der Waals surface area contributed by atoms with E-state index in [0.717, 1.165) is 11.3 Å². The summed E-state index contributed by atoms with van der Waals surface area (Å²) >= 11 is 1.69. The number of hydrogen-bond acceptors (Lipinski definition) is 2. The molecule has 0 aliphatic heterocycles. The summed E-state index contributed by atoms with van der Waals surface area (Å²) in [4.78, 5) is 2.37. The van der Waals surface area contributed by atoms with Crippen LogP contribution in [0.4, 0.5) is 0 Å². The molecule has 0 aliphatic carbocycles. The molecule has 0 fully saturated rings.